The van der Waals surface area contributed by atoms with Crippen molar-refractivity contribution in [2.24, 2.45) is 5.41 Å². The Hall–Kier alpha value is -0.680. The third-order valence-electron chi connectivity index (χ3n) is 1.74. The molecule has 0 aliphatic heterocycles. The first-order valence-electron chi connectivity index (χ1n) is 5.07. The number of hydrogen-bond donors (Lipinski definition) is 1. The van der Waals surface area contributed by atoms with Crippen molar-refractivity contribution in [1.29, 1.82) is 0 Å². The van der Waals surface area contributed by atoms with Gasteiger partial charge in [-0.3, -0.25) is 0 Å². The predicted molar refractivity (Wildman–Crippen MR) is 63.4 cm³/mol. The molecule has 86 valence electrons. The summed E-state index contributed by atoms with van der Waals surface area (Å²) in [6, 6.07) is 0. The van der Waals surface area contributed by atoms with Crippen molar-refractivity contribution in [3.05, 3.63) is 5.82 Å². The molecular formula is C10H19N3OS. The molecule has 4 nitrogen and oxygen atoms in total. The van der Waals surface area contributed by atoms with Crippen molar-refractivity contribution in [3.63, 3.8) is 0 Å². The van der Waals surface area contributed by atoms with Crippen LogP contribution in [0.2, 0.25) is 0 Å². The van der Waals surface area contributed by atoms with Gasteiger partial charge in [0.1, 0.15) is 5.82 Å². The highest BCUT2D eigenvalue weighted by molar-refractivity contribution is 7.09. The van der Waals surface area contributed by atoms with Crippen LogP contribution in [0, 0.1) is 5.41 Å². The molecular weight excluding hydrogens is 210 g/mol. The summed E-state index contributed by atoms with van der Waals surface area (Å²) >= 11 is 1.41. The predicted octanol–water partition coefficient (Wildman–Crippen LogP) is 2.19. The molecule has 15 heavy (non-hydrogen) atoms. The van der Waals surface area contributed by atoms with E-state index in [1.165, 1.54) is 11.5 Å². The highest BCUT2D eigenvalue weighted by atomic mass is 32.1. The van der Waals surface area contributed by atoms with E-state index in [1.807, 2.05) is 0 Å². The second-order valence-corrected chi connectivity index (χ2v) is 5.42. The highest BCUT2D eigenvalue weighted by Gasteiger charge is 2.14. The second kappa shape index (κ2) is 5.42. The standard InChI is InChI=1S/C10H19N3OS/c1-10(2,3)7-8-12-9(15-13-8)11-5-6-14-4/h5-7H2,1-4H3,(H,11,12,13). The number of hydrogen-bond acceptors (Lipinski definition) is 5. The second-order valence-electron chi connectivity index (χ2n) is 4.67. The lowest BCUT2D eigenvalue weighted by molar-refractivity contribution is 0.211. The zero-order valence-corrected chi connectivity index (χ0v) is 10.6. The van der Waals surface area contributed by atoms with E-state index in [2.05, 4.69) is 35.4 Å². The molecule has 0 saturated carbocycles. The van der Waals surface area contributed by atoms with E-state index in [-0.39, 0.29) is 5.41 Å². The Bertz CT molecular complexity index is 293. The van der Waals surface area contributed by atoms with Crippen LogP contribution in [0.25, 0.3) is 0 Å². The minimum Gasteiger partial charge on any atom is -0.383 e. The number of anilines is 1. The SMILES string of the molecule is COCCNc1nc(CC(C)(C)C)ns1. The van der Waals surface area contributed by atoms with E-state index in [1.54, 1.807) is 7.11 Å². The fourth-order valence-electron chi connectivity index (χ4n) is 1.13. The van der Waals surface area contributed by atoms with Gasteiger partial charge in [0.2, 0.25) is 5.13 Å². The first kappa shape index (κ1) is 12.4. The molecule has 0 radical (unpaired) electrons. The van der Waals surface area contributed by atoms with Gasteiger partial charge in [-0.15, -0.1) is 0 Å². The minimum absolute atomic E-state index is 0.241. The first-order valence-corrected chi connectivity index (χ1v) is 5.84. The number of nitrogens with one attached hydrogen (secondary N) is 1. The summed E-state index contributed by atoms with van der Waals surface area (Å²) in [6.45, 7) is 8.03. The zero-order valence-electron chi connectivity index (χ0n) is 9.83. The summed E-state index contributed by atoms with van der Waals surface area (Å²) in [6.07, 6.45) is 0.912. The summed E-state index contributed by atoms with van der Waals surface area (Å²) in [5, 5.41) is 4.05. The van der Waals surface area contributed by atoms with Gasteiger partial charge in [-0.05, 0) is 5.41 Å². The maximum atomic E-state index is 4.94. The van der Waals surface area contributed by atoms with Crippen LogP contribution in [0.15, 0.2) is 0 Å². The van der Waals surface area contributed by atoms with Gasteiger partial charge in [0.05, 0.1) is 6.61 Å². The Balaban J connectivity index is 2.42. The third kappa shape index (κ3) is 5.09. The van der Waals surface area contributed by atoms with Crippen molar-refractivity contribution in [2.75, 3.05) is 25.6 Å². The molecule has 0 saturated heterocycles. The first-order chi connectivity index (χ1) is 7.01. The summed E-state index contributed by atoms with van der Waals surface area (Å²) < 4.78 is 9.25. The molecule has 0 spiro atoms. The van der Waals surface area contributed by atoms with Gasteiger partial charge in [-0.2, -0.15) is 4.37 Å². The summed E-state index contributed by atoms with van der Waals surface area (Å²) in [7, 11) is 1.69. The Kier molecular flexibility index (Phi) is 4.47. The molecule has 0 aliphatic carbocycles. The van der Waals surface area contributed by atoms with Gasteiger partial charge >= 0.3 is 0 Å². The Morgan fingerprint density at radius 3 is 2.73 bits per heavy atom. The molecule has 1 N–H and O–H groups in total. The lowest BCUT2D eigenvalue weighted by Crippen LogP contribution is -2.11. The average molecular weight is 229 g/mol. The molecule has 0 aliphatic rings. The van der Waals surface area contributed by atoms with E-state index in [4.69, 9.17) is 4.74 Å². The van der Waals surface area contributed by atoms with Crippen molar-refractivity contribution in [1.82, 2.24) is 9.36 Å². The Morgan fingerprint density at radius 2 is 2.13 bits per heavy atom. The van der Waals surface area contributed by atoms with Crippen LogP contribution in [0.3, 0.4) is 0 Å². The topological polar surface area (TPSA) is 47.0 Å². The summed E-state index contributed by atoms with van der Waals surface area (Å²) in [4.78, 5) is 4.41. The van der Waals surface area contributed by atoms with Crippen LogP contribution in [-0.2, 0) is 11.2 Å². The van der Waals surface area contributed by atoms with E-state index < -0.39 is 0 Å². The van der Waals surface area contributed by atoms with Crippen molar-refractivity contribution >= 4 is 16.7 Å². The molecule has 1 aromatic rings. The van der Waals surface area contributed by atoms with Crippen LogP contribution >= 0.6 is 11.5 Å². The maximum Gasteiger partial charge on any atom is 0.202 e. The largest absolute Gasteiger partial charge is 0.383 e. The Labute approximate surface area is 95.2 Å². The van der Waals surface area contributed by atoms with E-state index in [0.29, 0.717) is 6.61 Å². The van der Waals surface area contributed by atoms with Gasteiger partial charge in [0.25, 0.3) is 0 Å². The number of nitrogens with zero attached hydrogens (tertiary/aromatic N) is 2. The van der Waals surface area contributed by atoms with Gasteiger partial charge in [-0.25, -0.2) is 4.98 Å². The molecule has 1 rings (SSSR count). The zero-order chi connectivity index (χ0) is 11.3. The van der Waals surface area contributed by atoms with Crippen LogP contribution < -0.4 is 5.32 Å². The average Bonchev–Trinajstić information content (AvgIpc) is 2.50. The molecule has 0 aromatic carbocycles. The van der Waals surface area contributed by atoms with Crippen LogP contribution in [0.4, 0.5) is 5.13 Å². The quantitative estimate of drug-likeness (QED) is 0.786. The van der Waals surface area contributed by atoms with Crippen LogP contribution in [0.5, 0.6) is 0 Å². The van der Waals surface area contributed by atoms with Crippen LogP contribution in [0.1, 0.15) is 26.6 Å². The van der Waals surface area contributed by atoms with Gasteiger partial charge in [-0.1, -0.05) is 20.8 Å². The summed E-state index contributed by atoms with van der Waals surface area (Å²) in [5.41, 5.74) is 0.241. The van der Waals surface area contributed by atoms with Crippen molar-refractivity contribution in [2.45, 2.75) is 27.2 Å². The van der Waals surface area contributed by atoms with Crippen LogP contribution in [-0.4, -0.2) is 29.6 Å². The highest BCUT2D eigenvalue weighted by Crippen LogP contribution is 2.21. The fraction of sp³-hybridized carbons (Fsp3) is 0.800. The molecule has 0 atom stereocenters. The maximum absolute atomic E-state index is 4.94. The van der Waals surface area contributed by atoms with E-state index in [0.717, 1.165) is 23.9 Å². The monoisotopic (exact) mass is 229 g/mol. The van der Waals surface area contributed by atoms with Gasteiger partial charge in [0, 0.05) is 31.6 Å². The molecule has 1 heterocycles. The third-order valence-corrected chi connectivity index (χ3v) is 2.45. The molecule has 5 heteroatoms. The molecule has 0 unspecified atom stereocenters. The fourth-order valence-corrected chi connectivity index (χ4v) is 1.74. The minimum atomic E-state index is 0.241. The normalized spacial score (nSPS) is 11.7. The van der Waals surface area contributed by atoms with Gasteiger partial charge < -0.3 is 10.1 Å². The number of ether oxygens (including phenoxy) is 1. The smallest absolute Gasteiger partial charge is 0.202 e. The molecule has 1 aromatic heterocycles. The van der Waals surface area contributed by atoms with Crippen molar-refractivity contribution in [3.8, 4) is 0 Å². The molecule has 0 bridgehead atoms. The summed E-state index contributed by atoms with van der Waals surface area (Å²) in [5.74, 6) is 0.924. The number of methoxy groups -OCH3 is 1. The lowest BCUT2D eigenvalue weighted by Gasteiger charge is -2.14. The van der Waals surface area contributed by atoms with E-state index in [9.17, 15) is 0 Å². The number of rotatable bonds is 5. The lowest BCUT2D eigenvalue weighted by atomic mass is 9.92. The molecule has 0 fully saturated rings. The van der Waals surface area contributed by atoms with Crippen molar-refractivity contribution < 1.29 is 4.74 Å². The van der Waals surface area contributed by atoms with Gasteiger partial charge in [0.15, 0.2) is 0 Å². The number of aromatic nitrogens is 2. The molecule has 0 amide bonds. The Morgan fingerprint density at radius 1 is 1.40 bits per heavy atom. The van der Waals surface area contributed by atoms with E-state index >= 15 is 0 Å².